The molecule has 0 aliphatic rings. The Kier molecular flexibility index (Phi) is 3.96. The Morgan fingerprint density at radius 3 is 2.23 bits per heavy atom. The first kappa shape index (κ1) is 16.3. The number of hydrogen-bond donors (Lipinski definition) is 1. The Bertz CT molecular complexity index is 1120. The first-order valence-electron chi connectivity index (χ1n) is 8.79. The Morgan fingerprint density at radius 2 is 1.58 bits per heavy atom. The average Bonchev–Trinajstić information content (AvgIpc) is 2.93. The van der Waals surface area contributed by atoms with E-state index < -0.39 is 0 Å². The highest BCUT2D eigenvalue weighted by Gasteiger charge is 2.21. The molecule has 4 aromatic rings. The van der Waals surface area contributed by atoms with E-state index in [0.717, 1.165) is 22.5 Å². The van der Waals surface area contributed by atoms with Crippen LogP contribution in [0.15, 0.2) is 65.5 Å². The monoisotopic (exact) mass is 343 g/mol. The maximum atomic E-state index is 12.8. The van der Waals surface area contributed by atoms with E-state index in [9.17, 15) is 4.79 Å². The minimum absolute atomic E-state index is 0.0883. The van der Waals surface area contributed by atoms with Crippen LogP contribution in [0.25, 0.3) is 22.4 Å². The van der Waals surface area contributed by atoms with Crippen LogP contribution in [-0.2, 0) is 0 Å². The number of aromatic nitrogens is 3. The molecule has 0 saturated carbocycles. The lowest BCUT2D eigenvalue weighted by Gasteiger charge is -2.18. The normalized spacial score (nSPS) is 12.4. The highest BCUT2D eigenvalue weighted by molar-refractivity contribution is 5.83. The maximum Gasteiger partial charge on any atom is 0.260 e. The molecule has 0 aliphatic carbocycles. The predicted octanol–water partition coefficient (Wildman–Crippen LogP) is 4.62. The summed E-state index contributed by atoms with van der Waals surface area (Å²) in [4.78, 5) is 20.6. The zero-order chi connectivity index (χ0) is 18.3. The highest BCUT2D eigenvalue weighted by Crippen LogP contribution is 2.29. The Morgan fingerprint density at radius 1 is 0.962 bits per heavy atom. The third kappa shape index (κ3) is 2.54. The molecule has 0 fully saturated rings. The Hall–Kier alpha value is -3.14. The molecule has 0 spiro atoms. The van der Waals surface area contributed by atoms with Gasteiger partial charge in [0, 0.05) is 11.3 Å². The van der Waals surface area contributed by atoms with Gasteiger partial charge in [-0.3, -0.25) is 4.79 Å². The van der Waals surface area contributed by atoms with Gasteiger partial charge in [0.1, 0.15) is 11.5 Å². The summed E-state index contributed by atoms with van der Waals surface area (Å²) >= 11 is 0. The fourth-order valence-electron chi connectivity index (χ4n) is 3.58. The second kappa shape index (κ2) is 6.30. The van der Waals surface area contributed by atoms with Gasteiger partial charge in [0.2, 0.25) is 0 Å². The van der Waals surface area contributed by atoms with Gasteiger partial charge in [-0.15, -0.1) is 0 Å². The van der Waals surface area contributed by atoms with Gasteiger partial charge in [0.15, 0.2) is 0 Å². The van der Waals surface area contributed by atoms with Gasteiger partial charge in [-0.2, -0.15) is 0 Å². The summed E-state index contributed by atoms with van der Waals surface area (Å²) in [6.45, 7) is 6.19. The van der Waals surface area contributed by atoms with E-state index in [1.54, 1.807) is 0 Å². The number of benzene rings is 2. The van der Waals surface area contributed by atoms with Crippen molar-refractivity contribution < 1.29 is 0 Å². The second-order valence-electron chi connectivity index (χ2n) is 6.65. The number of aryl methyl sites for hydroxylation is 1. The quantitative estimate of drug-likeness (QED) is 0.590. The minimum Gasteiger partial charge on any atom is -0.322 e. The van der Waals surface area contributed by atoms with Crippen molar-refractivity contribution in [2.45, 2.75) is 26.8 Å². The van der Waals surface area contributed by atoms with Crippen molar-refractivity contribution >= 4 is 11.0 Å². The molecule has 0 saturated heterocycles. The van der Waals surface area contributed by atoms with Gasteiger partial charge in [0.25, 0.3) is 5.56 Å². The number of nitrogens with zero attached hydrogens (tertiary/aromatic N) is 2. The van der Waals surface area contributed by atoms with Crippen LogP contribution in [-0.4, -0.2) is 14.5 Å². The third-order valence-electron chi connectivity index (χ3n) is 5.12. The fraction of sp³-hybridized carbons (Fsp3) is 0.182. The van der Waals surface area contributed by atoms with Crippen LogP contribution < -0.4 is 5.56 Å². The van der Waals surface area contributed by atoms with Gasteiger partial charge in [-0.25, -0.2) is 4.98 Å². The molecule has 0 amide bonds. The largest absolute Gasteiger partial charge is 0.322 e. The highest BCUT2D eigenvalue weighted by atomic mass is 16.1. The molecular weight excluding hydrogens is 322 g/mol. The smallest absolute Gasteiger partial charge is 0.260 e. The van der Waals surface area contributed by atoms with Gasteiger partial charge >= 0.3 is 0 Å². The molecule has 26 heavy (non-hydrogen) atoms. The fourth-order valence-corrected chi connectivity index (χ4v) is 3.58. The van der Waals surface area contributed by atoms with Crippen LogP contribution in [0.5, 0.6) is 0 Å². The van der Waals surface area contributed by atoms with Crippen molar-refractivity contribution in [3.8, 4) is 11.4 Å². The van der Waals surface area contributed by atoms with E-state index in [-0.39, 0.29) is 11.6 Å². The zero-order valence-electron chi connectivity index (χ0n) is 15.2. The molecule has 2 aromatic heterocycles. The van der Waals surface area contributed by atoms with E-state index in [2.05, 4.69) is 35.5 Å². The molecule has 1 atom stereocenters. The van der Waals surface area contributed by atoms with Crippen molar-refractivity contribution in [1.29, 1.82) is 0 Å². The molecule has 2 heterocycles. The van der Waals surface area contributed by atoms with Crippen LogP contribution in [0.1, 0.15) is 29.8 Å². The molecule has 0 aliphatic heterocycles. The van der Waals surface area contributed by atoms with Gasteiger partial charge in [-0.1, -0.05) is 60.7 Å². The number of fused-ring (bicyclic) bond motifs is 1. The third-order valence-corrected chi connectivity index (χ3v) is 5.12. The Labute approximate surface area is 152 Å². The van der Waals surface area contributed by atoms with Gasteiger partial charge < -0.3 is 9.55 Å². The summed E-state index contributed by atoms with van der Waals surface area (Å²) in [5.41, 5.74) is 4.79. The minimum atomic E-state index is -0.0894. The summed E-state index contributed by atoms with van der Waals surface area (Å²) in [7, 11) is 0. The summed E-state index contributed by atoms with van der Waals surface area (Å²) in [6, 6.07) is 20.1. The number of nitrogens with one attached hydrogen (secondary N) is 1. The summed E-state index contributed by atoms with van der Waals surface area (Å²) in [5.74, 6) is 0.599. The molecule has 130 valence electrons. The average molecular weight is 343 g/mol. The van der Waals surface area contributed by atoms with Crippen LogP contribution in [0.3, 0.4) is 0 Å². The predicted molar refractivity (Wildman–Crippen MR) is 106 cm³/mol. The first-order chi connectivity index (χ1) is 12.6. The molecule has 2 aromatic carbocycles. The molecule has 0 unspecified atom stereocenters. The van der Waals surface area contributed by atoms with Gasteiger partial charge in [-0.05, 0) is 31.9 Å². The maximum absolute atomic E-state index is 12.8. The number of aromatic amines is 1. The van der Waals surface area contributed by atoms with Crippen molar-refractivity contribution in [1.82, 2.24) is 14.5 Å². The molecular formula is C22H21N3O. The van der Waals surface area contributed by atoms with Crippen LogP contribution in [0.4, 0.5) is 0 Å². The van der Waals surface area contributed by atoms with Crippen molar-refractivity contribution in [2.75, 3.05) is 0 Å². The lowest BCUT2D eigenvalue weighted by Crippen LogP contribution is -2.13. The van der Waals surface area contributed by atoms with Gasteiger partial charge in [0.05, 0.1) is 11.4 Å². The van der Waals surface area contributed by atoms with E-state index in [0.29, 0.717) is 11.2 Å². The van der Waals surface area contributed by atoms with E-state index in [4.69, 9.17) is 4.98 Å². The molecule has 0 bridgehead atoms. The summed E-state index contributed by atoms with van der Waals surface area (Å²) < 4.78 is 2.17. The topological polar surface area (TPSA) is 50.7 Å². The molecule has 4 heteroatoms. The summed E-state index contributed by atoms with van der Waals surface area (Å²) in [5, 5.41) is 0.671. The van der Waals surface area contributed by atoms with E-state index in [1.807, 2.05) is 55.5 Å². The van der Waals surface area contributed by atoms with Crippen LogP contribution in [0, 0.1) is 13.8 Å². The van der Waals surface area contributed by atoms with E-state index >= 15 is 0 Å². The lowest BCUT2D eigenvalue weighted by atomic mass is 10.1. The standard InChI is InChI=1S/C22H21N3O/c1-14-15(2)25(16(3)17-10-6-4-7-11-17)21-19(14)22(26)24-20(23-21)18-12-8-5-9-13-18/h4-13,16H,1-3H3,(H,23,24,26)/t16-/m1/s1. The number of hydrogen-bond acceptors (Lipinski definition) is 2. The zero-order valence-corrected chi connectivity index (χ0v) is 15.2. The number of rotatable bonds is 3. The molecule has 4 rings (SSSR count). The summed E-state index contributed by atoms with van der Waals surface area (Å²) in [6.07, 6.45) is 0. The Balaban J connectivity index is 2.00. The van der Waals surface area contributed by atoms with E-state index in [1.165, 1.54) is 5.56 Å². The second-order valence-corrected chi connectivity index (χ2v) is 6.65. The molecule has 0 radical (unpaired) electrons. The van der Waals surface area contributed by atoms with Crippen molar-refractivity contribution in [3.05, 3.63) is 87.8 Å². The SMILES string of the molecule is Cc1c(C)n([C@H](C)c2ccccc2)c2nc(-c3ccccc3)[nH]c(=O)c12. The van der Waals surface area contributed by atoms with Crippen molar-refractivity contribution in [3.63, 3.8) is 0 Å². The molecule has 1 N–H and O–H groups in total. The first-order valence-corrected chi connectivity index (χ1v) is 8.79. The lowest BCUT2D eigenvalue weighted by molar-refractivity contribution is 0.639. The van der Waals surface area contributed by atoms with Crippen molar-refractivity contribution in [2.24, 2.45) is 0 Å². The molecule has 4 nitrogen and oxygen atoms in total. The van der Waals surface area contributed by atoms with Crippen LogP contribution >= 0.6 is 0 Å². The van der Waals surface area contributed by atoms with Crippen LogP contribution in [0.2, 0.25) is 0 Å². The number of H-pyrrole nitrogens is 1.